The Hall–Kier alpha value is -1.89. The highest BCUT2D eigenvalue weighted by Crippen LogP contribution is 2.29. The molecule has 2 N–H and O–H groups in total. The Labute approximate surface area is 161 Å². The lowest BCUT2D eigenvalue weighted by Gasteiger charge is -2.41. The van der Waals surface area contributed by atoms with Gasteiger partial charge in [0.1, 0.15) is 17.4 Å². The summed E-state index contributed by atoms with van der Waals surface area (Å²) in [5.41, 5.74) is -0.513. The van der Waals surface area contributed by atoms with Gasteiger partial charge in [0.25, 0.3) is 0 Å². The van der Waals surface area contributed by atoms with Gasteiger partial charge >= 0.3 is 0 Å². The number of nitrogens with one attached hydrogen (secondary N) is 2. The monoisotopic (exact) mass is 375 g/mol. The number of hydrogen-bond acceptors (Lipinski definition) is 4. The molecule has 0 aliphatic carbocycles. The molecule has 1 atom stereocenters. The fraction of sp³-hybridized carbons (Fsp3) is 0.750. The van der Waals surface area contributed by atoms with E-state index in [9.17, 15) is 9.59 Å². The fourth-order valence-electron chi connectivity index (χ4n) is 4.04. The van der Waals surface area contributed by atoms with Crippen molar-refractivity contribution in [3.05, 3.63) is 18.2 Å². The lowest BCUT2D eigenvalue weighted by atomic mass is 9.85. The van der Waals surface area contributed by atoms with Gasteiger partial charge in [0.15, 0.2) is 0 Å². The van der Waals surface area contributed by atoms with Gasteiger partial charge < -0.3 is 20.1 Å². The van der Waals surface area contributed by atoms with Crippen LogP contribution in [0.4, 0.5) is 0 Å². The van der Waals surface area contributed by atoms with Crippen LogP contribution in [0.3, 0.4) is 0 Å². The van der Waals surface area contributed by atoms with Crippen molar-refractivity contribution < 1.29 is 9.59 Å². The van der Waals surface area contributed by atoms with Crippen LogP contribution in [0.25, 0.3) is 0 Å². The molecular formula is C20H33N5O2. The molecule has 1 unspecified atom stereocenters. The summed E-state index contributed by atoms with van der Waals surface area (Å²) in [6, 6.07) is -0.284. The van der Waals surface area contributed by atoms with E-state index in [1.54, 1.807) is 6.20 Å². The summed E-state index contributed by atoms with van der Waals surface area (Å²) in [5, 5.41) is 6.60. The first-order valence-corrected chi connectivity index (χ1v) is 10.0. The van der Waals surface area contributed by atoms with Gasteiger partial charge in [0.2, 0.25) is 11.8 Å². The molecule has 7 nitrogen and oxygen atoms in total. The zero-order chi connectivity index (χ0) is 19.8. The number of nitrogens with zero attached hydrogens (tertiary/aromatic N) is 3. The molecule has 0 radical (unpaired) electrons. The first-order valence-electron chi connectivity index (χ1n) is 10.0. The van der Waals surface area contributed by atoms with Crippen LogP contribution >= 0.6 is 0 Å². The molecule has 150 valence electrons. The maximum Gasteiger partial charge on any atom is 0.245 e. The van der Waals surface area contributed by atoms with Crippen molar-refractivity contribution in [1.29, 1.82) is 0 Å². The van der Waals surface area contributed by atoms with Crippen LogP contribution in [-0.2, 0) is 9.59 Å². The van der Waals surface area contributed by atoms with E-state index in [4.69, 9.17) is 0 Å². The predicted octanol–water partition coefficient (Wildman–Crippen LogP) is 1.67. The standard InChI is InChI=1S/C20H33N5O2/c1-14(2)16-21-8-11-25(16)15(3)17(26)24-9-6-20(7-10-24)18(27)22-12-19(4,5)13-23-20/h8,11,14-15,23H,6-7,9-10,12-13H2,1-5H3,(H,22,27). The summed E-state index contributed by atoms with van der Waals surface area (Å²) in [6.07, 6.45) is 4.93. The highest BCUT2D eigenvalue weighted by molar-refractivity contribution is 5.87. The molecule has 1 aromatic rings. The van der Waals surface area contributed by atoms with E-state index in [-0.39, 0.29) is 29.2 Å². The molecule has 0 aromatic carbocycles. The van der Waals surface area contributed by atoms with E-state index in [0.29, 0.717) is 32.5 Å². The van der Waals surface area contributed by atoms with Crippen LogP contribution in [0.1, 0.15) is 65.2 Å². The van der Waals surface area contributed by atoms with Crippen molar-refractivity contribution >= 4 is 11.8 Å². The Kier molecular flexibility index (Phi) is 5.34. The minimum absolute atomic E-state index is 0.0370. The van der Waals surface area contributed by atoms with Crippen LogP contribution in [0.2, 0.25) is 0 Å². The molecule has 2 saturated heterocycles. The second kappa shape index (κ2) is 7.26. The Morgan fingerprint density at radius 1 is 1.19 bits per heavy atom. The van der Waals surface area contributed by atoms with Crippen molar-refractivity contribution in [3.63, 3.8) is 0 Å². The van der Waals surface area contributed by atoms with Crippen LogP contribution < -0.4 is 10.6 Å². The molecule has 1 spiro atoms. The Bertz CT molecular complexity index is 701. The third-order valence-electron chi connectivity index (χ3n) is 5.99. The van der Waals surface area contributed by atoms with Gasteiger partial charge in [-0.05, 0) is 25.2 Å². The van der Waals surface area contributed by atoms with Gasteiger partial charge in [-0.2, -0.15) is 0 Å². The number of piperidine rings is 1. The molecule has 7 heteroatoms. The number of carbonyl (C=O) groups excluding carboxylic acids is 2. The molecular weight excluding hydrogens is 342 g/mol. The molecule has 2 aliphatic rings. The summed E-state index contributed by atoms with van der Waals surface area (Å²) in [7, 11) is 0. The molecule has 3 rings (SSSR count). The van der Waals surface area contributed by atoms with Gasteiger partial charge in [-0.25, -0.2) is 4.98 Å². The number of likely N-dealkylation sites (tertiary alicyclic amines) is 1. The zero-order valence-electron chi connectivity index (χ0n) is 17.2. The molecule has 0 bridgehead atoms. The topological polar surface area (TPSA) is 79.3 Å². The number of rotatable bonds is 3. The van der Waals surface area contributed by atoms with Crippen molar-refractivity contribution in [2.75, 3.05) is 26.2 Å². The van der Waals surface area contributed by atoms with Gasteiger partial charge in [0.05, 0.1) is 0 Å². The van der Waals surface area contributed by atoms with Crippen LogP contribution in [-0.4, -0.2) is 58.0 Å². The molecule has 2 fully saturated rings. The minimum Gasteiger partial charge on any atom is -0.354 e. The molecule has 1 aromatic heterocycles. The van der Waals surface area contributed by atoms with Crippen molar-refractivity contribution in [3.8, 4) is 0 Å². The largest absolute Gasteiger partial charge is 0.354 e. The molecule has 0 saturated carbocycles. The quantitative estimate of drug-likeness (QED) is 0.842. The molecule has 2 amide bonds. The summed E-state index contributed by atoms with van der Waals surface area (Å²) >= 11 is 0. The highest BCUT2D eigenvalue weighted by Gasteiger charge is 2.45. The predicted molar refractivity (Wildman–Crippen MR) is 104 cm³/mol. The normalized spacial score (nSPS) is 23.2. The van der Waals surface area contributed by atoms with Gasteiger partial charge in [-0.15, -0.1) is 0 Å². The van der Waals surface area contributed by atoms with Crippen molar-refractivity contribution in [2.45, 2.75) is 65.0 Å². The SMILES string of the molecule is CC(C)c1nccn1C(C)C(=O)N1CCC2(CC1)NCC(C)(C)CNC2=O. The first-order chi connectivity index (χ1) is 12.7. The average Bonchev–Trinajstić information content (AvgIpc) is 3.10. The fourth-order valence-corrected chi connectivity index (χ4v) is 4.04. The summed E-state index contributed by atoms with van der Waals surface area (Å²) in [4.78, 5) is 32.0. The number of aromatic nitrogens is 2. The smallest absolute Gasteiger partial charge is 0.245 e. The summed E-state index contributed by atoms with van der Waals surface area (Å²) < 4.78 is 1.97. The van der Waals surface area contributed by atoms with Crippen molar-refractivity contribution in [1.82, 2.24) is 25.1 Å². The third kappa shape index (κ3) is 3.88. The van der Waals surface area contributed by atoms with E-state index in [1.807, 2.05) is 22.6 Å². The Balaban J connectivity index is 1.67. The van der Waals surface area contributed by atoms with E-state index >= 15 is 0 Å². The van der Waals surface area contributed by atoms with Gasteiger partial charge in [0, 0.05) is 44.5 Å². The second-order valence-electron chi connectivity index (χ2n) is 9.13. The number of hydrogen-bond donors (Lipinski definition) is 2. The highest BCUT2D eigenvalue weighted by atomic mass is 16.2. The maximum atomic E-state index is 13.1. The Morgan fingerprint density at radius 2 is 1.85 bits per heavy atom. The van der Waals surface area contributed by atoms with Gasteiger partial charge in [-0.3, -0.25) is 9.59 Å². The van der Waals surface area contributed by atoms with Gasteiger partial charge in [-0.1, -0.05) is 27.7 Å². The Morgan fingerprint density at radius 3 is 2.48 bits per heavy atom. The molecule has 27 heavy (non-hydrogen) atoms. The molecule has 2 aliphatic heterocycles. The lowest BCUT2D eigenvalue weighted by Crippen LogP contribution is -2.61. The second-order valence-corrected chi connectivity index (χ2v) is 9.13. The number of amides is 2. The van der Waals surface area contributed by atoms with Crippen molar-refractivity contribution in [2.24, 2.45) is 5.41 Å². The maximum absolute atomic E-state index is 13.1. The lowest BCUT2D eigenvalue weighted by molar-refractivity contribution is -0.139. The van der Waals surface area contributed by atoms with Crippen LogP contribution in [0.15, 0.2) is 12.4 Å². The molecule has 3 heterocycles. The van der Waals surface area contributed by atoms with E-state index in [2.05, 4.69) is 43.3 Å². The van der Waals surface area contributed by atoms with E-state index in [1.165, 1.54) is 0 Å². The van der Waals surface area contributed by atoms with E-state index < -0.39 is 5.54 Å². The third-order valence-corrected chi connectivity index (χ3v) is 5.99. The summed E-state index contributed by atoms with van der Waals surface area (Å²) in [5.74, 6) is 1.36. The minimum atomic E-state index is -0.550. The summed E-state index contributed by atoms with van der Waals surface area (Å²) in [6.45, 7) is 13.1. The van der Waals surface area contributed by atoms with E-state index in [0.717, 1.165) is 12.4 Å². The average molecular weight is 376 g/mol. The van der Waals surface area contributed by atoms with Crippen LogP contribution in [0, 0.1) is 5.41 Å². The first kappa shape index (κ1) is 19.9. The number of carbonyl (C=O) groups is 2. The number of imidazole rings is 1. The zero-order valence-corrected chi connectivity index (χ0v) is 17.2. The van der Waals surface area contributed by atoms with Crippen LogP contribution in [0.5, 0.6) is 0 Å².